The fraction of sp³-hybridized carbons (Fsp3) is 0.250. The molecule has 0 amide bonds. The second-order valence-electron chi connectivity index (χ2n) is 2.25. The molecule has 0 aliphatic heterocycles. The van der Waals surface area contributed by atoms with Crippen LogP contribution in [0, 0.1) is 0 Å². The second-order valence-corrected chi connectivity index (χ2v) is 12.6. The van der Waals surface area contributed by atoms with E-state index in [0.29, 0.717) is 0 Å². The summed E-state index contributed by atoms with van der Waals surface area (Å²) in [5.74, 6) is 1.03. The van der Waals surface area contributed by atoms with E-state index < -0.39 is 22.1 Å². The van der Waals surface area contributed by atoms with Crippen molar-refractivity contribution in [3.63, 3.8) is 0 Å². The minimum absolute atomic E-state index is 0.720. The van der Waals surface area contributed by atoms with Crippen molar-refractivity contribution in [1.82, 2.24) is 0 Å². The first-order chi connectivity index (χ1) is 5.38. The van der Waals surface area contributed by atoms with Crippen molar-refractivity contribution in [2.75, 3.05) is 7.11 Å². The van der Waals surface area contributed by atoms with E-state index in [9.17, 15) is 0 Å². The molecule has 0 N–H and O–H groups in total. The average Bonchev–Trinajstić information content (AvgIpc) is 2.06. The quantitative estimate of drug-likeness (QED) is 0.708. The molecule has 1 aromatic carbocycles. The van der Waals surface area contributed by atoms with E-state index >= 15 is 0 Å². The first-order valence-electron chi connectivity index (χ1n) is 3.56. The Kier molecular flexibility index (Phi) is 4.46. The summed E-state index contributed by atoms with van der Waals surface area (Å²) < 4.78 is 6.45. The van der Waals surface area contributed by atoms with Crippen molar-refractivity contribution in [3.8, 4) is 5.75 Å². The summed E-state index contributed by atoms with van der Waals surface area (Å²) in [5, 5.41) is 0. The van der Waals surface area contributed by atoms with Crippen LogP contribution in [-0.2, 0) is 26.1 Å². The molecule has 1 aromatic rings. The van der Waals surface area contributed by atoms with Gasteiger partial charge in [0.25, 0.3) is 0 Å². The fourth-order valence-corrected chi connectivity index (χ4v) is 7.16. The predicted octanol–water partition coefficient (Wildman–Crippen LogP) is 2.59. The van der Waals surface area contributed by atoms with Crippen molar-refractivity contribution in [2.24, 2.45) is 0 Å². The van der Waals surface area contributed by atoms with Gasteiger partial charge in [-0.15, -0.1) is 0 Å². The molecule has 0 aliphatic carbocycles. The van der Waals surface area contributed by atoms with Crippen LogP contribution in [0.15, 0.2) is 24.3 Å². The zero-order valence-corrected chi connectivity index (χ0v) is 13.6. The first-order valence-corrected chi connectivity index (χ1v) is 19.4. The molecular weight excluding hydrogens is 393 g/mol. The van der Waals surface area contributed by atoms with Crippen LogP contribution in [0.3, 0.4) is 0 Å². The molecule has 3 heteroatoms. The van der Waals surface area contributed by atoms with E-state index in [2.05, 4.69) is 24.0 Å². The maximum absolute atomic E-state index is 5.21. The first kappa shape index (κ1) is 9.52. The second kappa shape index (κ2) is 5.15. The van der Waals surface area contributed by atoms with Gasteiger partial charge in [0.15, 0.2) is 0 Å². The van der Waals surface area contributed by atoms with Crippen LogP contribution in [0.5, 0.6) is 5.75 Å². The van der Waals surface area contributed by atoms with Crippen molar-refractivity contribution < 1.29 is 26.9 Å². The summed E-state index contributed by atoms with van der Waals surface area (Å²) >= 11 is 2.90. The summed E-state index contributed by atoms with van der Waals surface area (Å²) in [4.78, 5) is 0. The van der Waals surface area contributed by atoms with E-state index in [4.69, 9.17) is 4.74 Å². The molecule has 0 unspecified atom stereocenters. The van der Waals surface area contributed by atoms with Crippen LogP contribution in [-0.4, -0.2) is 7.11 Å². The summed E-state index contributed by atoms with van der Waals surface area (Å²) in [6.07, 6.45) is 0. The average molecular weight is 402 g/mol. The van der Waals surface area contributed by atoms with Crippen LogP contribution in [0.2, 0.25) is 0 Å². The molecule has 0 atom stereocenters. The monoisotopic (exact) mass is 402 g/mol. The zero-order valence-electron chi connectivity index (χ0n) is 6.51. The van der Waals surface area contributed by atoms with Gasteiger partial charge in [0.2, 0.25) is 0 Å². The van der Waals surface area contributed by atoms with Gasteiger partial charge in [-0.25, -0.2) is 0 Å². The van der Waals surface area contributed by atoms with Crippen molar-refractivity contribution >= 4 is 11.9 Å². The molecule has 0 aliphatic rings. The van der Waals surface area contributed by atoms with E-state index in [-0.39, 0.29) is 0 Å². The topological polar surface area (TPSA) is 9.23 Å². The molecule has 0 spiro atoms. The number of para-hydroxylation sites is 1. The Hall–Kier alpha value is 0.435. The van der Waals surface area contributed by atoms with E-state index in [1.54, 1.807) is 7.11 Å². The molecule has 0 heterocycles. The van der Waals surface area contributed by atoms with Gasteiger partial charge in [0.05, 0.1) is 0 Å². The summed E-state index contributed by atoms with van der Waals surface area (Å²) in [5.41, 5.74) is 1.36. The minimum atomic E-state index is -0.720. The number of benzene rings is 1. The van der Waals surface area contributed by atoms with E-state index in [1.165, 1.54) is 9.49 Å². The van der Waals surface area contributed by atoms with Gasteiger partial charge in [-0.3, -0.25) is 0 Å². The number of halogens is 1. The molecule has 1 nitrogen and oxygen atoms in total. The molecule has 0 fully saturated rings. The van der Waals surface area contributed by atoms with Crippen LogP contribution < -0.4 is 4.74 Å². The molecule has 0 bridgehead atoms. The van der Waals surface area contributed by atoms with Gasteiger partial charge in [-0.1, -0.05) is 0 Å². The summed E-state index contributed by atoms with van der Waals surface area (Å²) in [6.45, 7) is 0. The summed E-state index contributed by atoms with van der Waals surface area (Å²) in [6, 6.07) is 8.23. The number of hydrogen-bond donors (Lipinski definition) is 0. The van der Waals surface area contributed by atoms with Crippen LogP contribution in [0.25, 0.3) is 0 Å². The fourth-order valence-electron chi connectivity index (χ4n) is 1.01. The third kappa shape index (κ3) is 2.75. The predicted molar refractivity (Wildman–Crippen MR) is 45.6 cm³/mol. The van der Waals surface area contributed by atoms with Gasteiger partial charge < -0.3 is 0 Å². The van der Waals surface area contributed by atoms with Crippen molar-refractivity contribution in [1.29, 1.82) is 0 Å². The Labute approximate surface area is 84.8 Å². The Bertz CT molecular complexity index is 227. The van der Waals surface area contributed by atoms with Crippen LogP contribution in [0.1, 0.15) is 5.56 Å². The molecule has 56 valence electrons. The van der Waals surface area contributed by atoms with Gasteiger partial charge in [-0.2, -0.15) is 0 Å². The number of ether oxygens (including phenoxy) is 1. The van der Waals surface area contributed by atoms with E-state index in [1.807, 2.05) is 12.1 Å². The molecule has 0 radical (unpaired) electrons. The SMILES string of the molecule is COc1ccccc1[CH2][Hg][Br]. The van der Waals surface area contributed by atoms with Crippen molar-refractivity contribution in [2.45, 2.75) is 3.93 Å². The number of hydrogen-bond acceptors (Lipinski definition) is 1. The van der Waals surface area contributed by atoms with Gasteiger partial charge in [0, 0.05) is 0 Å². The Morgan fingerprint density at radius 2 is 2.18 bits per heavy atom. The zero-order chi connectivity index (χ0) is 8.10. The molecule has 0 saturated carbocycles. The standard InChI is InChI=1S/C8H9O.BrH.Hg/c1-7-5-3-4-6-8(7)9-2;;/h3-6H,1H2,2H3;1H;/q;;+1/p-1. The maximum atomic E-state index is 5.21. The molecule has 1 rings (SSSR count). The third-order valence-corrected chi connectivity index (χ3v) is 7.86. The summed E-state index contributed by atoms with van der Waals surface area (Å²) in [7, 11) is 1.73. The molecule has 0 aromatic heterocycles. The Morgan fingerprint density at radius 3 is 2.82 bits per heavy atom. The van der Waals surface area contributed by atoms with Gasteiger partial charge >= 0.3 is 85.4 Å². The van der Waals surface area contributed by atoms with Gasteiger partial charge in [-0.05, 0) is 0 Å². The number of rotatable bonds is 3. The normalized spacial score (nSPS) is 8.91. The van der Waals surface area contributed by atoms with Crippen LogP contribution >= 0.6 is 11.9 Å². The number of methoxy groups -OCH3 is 1. The Morgan fingerprint density at radius 1 is 1.45 bits per heavy atom. The van der Waals surface area contributed by atoms with Crippen molar-refractivity contribution in [3.05, 3.63) is 29.8 Å². The molecule has 11 heavy (non-hydrogen) atoms. The molecular formula is C8H9BrHgO. The van der Waals surface area contributed by atoms with Gasteiger partial charge in [0.1, 0.15) is 0 Å². The third-order valence-electron chi connectivity index (χ3n) is 1.56. The molecule has 0 saturated heterocycles. The van der Waals surface area contributed by atoms with E-state index in [0.717, 1.165) is 5.75 Å². The van der Waals surface area contributed by atoms with Crippen LogP contribution in [0.4, 0.5) is 0 Å². The Balaban J connectivity index is 2.83.